The third-order valence-electron chi connectivity index (χ3n) is 5.87. The standard InChI is InChI=1S/C22H31FO/c1-17-20(12-6-11-18-7-2-3-8-18)13-14-21(22(17)23)24-16-15-19-9-4-5-10-19/h6,11,13-14,18-19H,2-5,7-10,12,15-16H2,1H3/b11-6+. The van der Waals surface area contributed by atoms with Crippen molar-refractivity contribution in [2.24, 2.45) is 11.8 Å². The smallest absolute Gasteiger partial charge is 0.168 e. The van der Waals surface area contributed by atoms with E-state index in [-0.39, 0.29) is 5.82 Å². The van der Waals surface area contributed by atoms with Gasteiger partial charge in [-0.3, -0.25) is 0 Å². The van der Waals surface area contributed by atoms with Crippen molar-refractivity contribution in [3.05, 3.63) is 41.2 Å². The minimum atomic E-state index is -0.173. The summed E-state index contributed by atoms with van der Waals surface area (Å²) in [6.07, 6.45) is 17.1. The zero-order valence-corrected chi connectivity index (χ0v) is 15.0. The van der Waals surface area contributed by atoms with Crippen LogP contribution in [-0.2, 0) is 6.42 Å². The van der Waals surface area contributed by atoms with E-state index in [9.17, 15) is 4.39 Å². The number of hydrogen-bond donors (Lipinski definition) is 0. The molecule has 2 aliphatic carbocycles. The van der Waals surface area contributed by atoms with E-state index in [2.05, 4.69) is 12.2 Å². The lowest BCUT2D eigenvalue weighted by Crippen LogP contribution is -2.06. The van der Waals surface area contributed by atoms with Crippen molar-refractivity contribution in [2.45, 2.75) is 71.1 Å². The first-order chi connectivity index (χ1) is 11.7. The Kier molecular flexibility index (Phi) is 6.34. The van der Waals surface area contributed by atoms with Crippen LogP contribution >= 0.6 is 0 Å². The maximum Gasteiger partial charge on any atom is 0.168 e. The van der Waals surface area contributed by atoms with Crippen LogP contribution in [-0.4, -0.2) is 6.61 Å². The average molecular weight is 330 g/mol. The summed E-state index contributed by atoms with van der Waals surface area (Å²) in [4.78, 5) is 0. The quantitative estimate of drug-likeness (QED) is 0.527. The highest BCUT2D eigenvalue weighted by molar-refractivity contribution is 5.37. The Morgan fingerprint density at radius 1 is 1.08 bits per heavy atom. The van der Waals surface area contributed by atoms with Crippen molar-refractivity contribution in [3.8, 4) is 5.75 Å². The van der Waals surface area contributed by atoms with E-state index in [0.29, 0.717) is 12.4 Å². The fourth-order valence-corrected chi connectivity index (χ4v) is 4.20. The Morgan fingerprint density at radius 2 is 1.79 bits per heavy atom. The zero-order chi connectivity index (χ0) is 16.8. The summed E-state index contributed by atoms with van der Waals surface area (Å²) in [5.74, 6) is 1.78. The molecule has 0 radical (unpaired) electrons. The van der Waals surface area contributed by atoms with Gasteiger partial charge in [-0.05, 0) is 61.6 Å². The van der Waals surface area contributed by atoms with Crippen molar-refractivity contribution in [1.82, 2.24) is 0 Å². The molecule has 0 atom stereocenters. The Hall–Kier alpha value is -1.31. The van der Waals surface area contributed by atoms with Gasteiger partial charge in [-0.2, -0.15) is 0 Å². The third kappa shape index (κ3) is 4.62. The zero-order valence-electron chi connectivity index (χ0n) is 15.0. The molecule has 0 amide bonds. The summed E-state index contributed by atoms with van der Waals surface area (Å²) in [5, 5.41) is 0. The molecule has 24 heavy (non-hydrogen) atoms. The number of rotatable bonds is 7. The predicted molar refractivity (Wildman–Crippen MR) is 98.0 cm³/mol. The molecule has 3 rings (SSSR count). The molecule has 1 aromatic carbocycles. The maximum absolute atomic E-state index is 14.5. The molecule has 2 aliphatic rings. The van der Waals surface area contributed by atoms with E-state index in [4.69, 9.17) is 4.74 Å². The molecule has 132 valence electrons. The Morgan fingerprint density at radius 3 is 2.54 bits per heavy atom. The van der Waals surface area contributed by atoms with Crippen molar-refractivity contribution in [3.63, 3.8) is 0 Å². The highest BCUT2D eigenvalue weighted by atomic mass is 19.1. The fourth-order valence-electron chi connectivity index (χ4n) is 4.20. The number of halogens is 1. The molecule has 2 fully saturated rings. The van der Waals surface area contributed by atoms with E-state index >= 15 is 0 Å². The van der Waals surface area contributed by atoms with Crippen LogP contribution in [0, 0.1) is 24.6 Å². The Labute approximate surface area is 146 Å². The monoisotopic (exact) mass is 330 g/mol. The second-order valence-electron chi connectivity index (χ2n) is 7.63. The van der Waals surface area contributed by atoms with Gasteiger partial charge in [0.1, 0.15) is 0 Å². The van der Waals surface area contributed by atoms with Crippen LogP contribution in [0.2, 0.25) is 0 Å². The number of allylic oxidation sites excluding steroid dienone is 2. The maximum atomic E-state index is 14.5. The minimum Gasteiger partial charge on any atom is -0.490 e. The van der Waals surface area contributed by atoms with E-state index in [1.54, 1.807) is 0 Å². The molecule has 0 saturated heterocycles. The minimum absolute atomic E-state index is 0.173. The van der Waals surface area contributed by atoms with Crippen molar-refractivity contribution >= 4 is 0 Å². The second-order valence-corrected chi connectivity index (χ2v) is 7.63. The largest absolute Gasteiger partial charge is 0.490 e. The molecule has 2 heteroatoms. The van der Waals surface area contributed by atoms with Crippen LogP contribution in [0.5, 0.6) is 5.75 Å². The van der Waals surface area contributed by atoms with Gasteiger partial charge in [-0.25, -0.2) is 4.39 Å². The Bertz CT molecular complexity index is 551. The third-order valence-corrected chi connectivity index (χ3v) is 5.87. The van der Waals surface area contributed by atoms with Crippen LogP contribution in [0.3, 0.4) is 0 Å². The molecular weight excluding hydrogens is 299 g/mol. The normalized spacial score (nSPS) is 19.6. The number of benzene rings is 1. The van der Waals surface area contributed by atoms with Gasteiger partial charge < -0.3 is 4.74 Å². The molecule has 1 aromatic rings. The summed E-state index contributed by atoms with van der Waals surface area (Å²) in [7, 11) is 0. The van der Waals surface area contributed by atoms with Gasteiger partial charge in [0.05, 0.1) is 6.61 Å². The molecule has 0 unspecified atom stereocenters. The fraction of sp³-hybridized carbons (Fsp3) is 0.636. The summed E-state index contributed by atoms with van der Waals surface area (Å²) >= 11 is 0. The SMILES string of the molecule is Cc1c(C/C=C/C2CCCC2)ccc(OCCC2CCCC2)c1F. The summed E-state index contributed by atoms with van der Waals surface area (Å²) in [6, 6.07) is 3.85. The summed E-state index contributed by atoms with van der Waals surface area (Å²) in [6.45, 7) is 2.51. The lowest BCUT2D eigenvalue weighted by Gasteiger charge is -2.13. The van der Waals surface area contributed by atoms with Gasteiger partial charge in [0.25, 0.3) is 0 Å². The molecule has 0 bridgehead atoms. The van der Waals surface area contributed by atoms with Gasteiger partial charge in [0.2, 0.25) is 0 Å². The van der Waals surface area contributed by atoms with Crippen LogP contribution in [0.1, 0.15) is 68.9 Å². The highest BCUT2D eigenvalue weighted by Crippen LogP contribution is 2.29. The van der Waals surface area contributed by atoms with Gasteiger partial charge in [-0.1, -0.05) is 56.7 Å². The van der Waals surface area contributed by atoms with Crippen molar-refractivity contribution in [1.29, 1.82) is 0 Å². The molecule has 0 spiro atoms. The van der Waals surface area contributed by atoms with Gasteiger partial charge in [0, 0.05) is 0 Å². The van der Waals surface area contributed by atoms with E-state index in [0.717, 1.165) is 35.8 Å². The van der Waals surface area contributed by atoms with E-state index in [1.165, 1.54) is 51.4 Å². The molecule has 1 nitrogen and oxygen atoms in total. The van der Waals surface area contributed by atoms with E-state index < -0.39 is 0 Å². The lowest BCUT2D eigenvalue weighted by molar-refractivity contribution is 0.267. The first-order valence-corrected chi connectivity index (χ1v) is 9.81. The highest BCUT2D eigenvalue weighted by Gasteiger charge is 2.16. The van der Waals surface area contributed by atoms with Crippen LogP contribution < -0.4 is 4.74 Å². The molecular formula is C22H31FO. The average Bonchev–Trinajstić information content (AvgIpc) is 3.27. The topological polar surface area (TPSA) is 9.23 Å². The second kappa shape index (κ2) is 8.69. The van der Waals surface area contributed by atoms with E-state index in [1.807, 2.05) is 19.1 Å². The van der Waals surface area contributed by atoms with Gasteiger partial charge in [0.15, 0.2) is 11.6 Å². The van der Waals surface area contributed by atoms with Crippen LogP contribution in [0.4, 0.5) is 4.39 Å². The first-order valence-electron chi connectivity index (χ1n) is 9.81. The van der Waals surface area contributed by atoms with Gasteiger partial charge >= 0.3 is 0 Å². The molecule has 0 aromatic heterocycles. The predicted octanol–water partition coefficient (Wildman–Crippen LogP) is 6.38. The van der Waals surface area contributed by atoms with Crippen LogP contribution in [0.25, 0.3) is 0 Å². The summed E-state index contributed by atoms with van der Waals surface area (Å²) < 4.78 is 20.3. The van der Waals surface area contributed by atoms with Gasteiger partial charge in [-0.15, -0.1) is 0 Å². The molecule has 0 heterocycles. The molecule has 2 saturated carbocycles. The van der Waals surface area contributed by atoms with Crippen molar-refractivity contribution in [2.75, 3.05) is 6.61 Å². The summed E-state index contributed by atoms with van der Waals surface area (Å²) in [5.41, 5.74) is 1.81. The number of hydrogen-bond acceptors (Lipinski definition) is 1. The van der Waals surface area contributed by atoms with Crippen molar-refractivity contribution < 1.29 is 9.13 Å². The molecule has 0 N–H and O–H groups in total. The first kappa shape index (κ1) is 17.5. The lowest BCUT2D eigenvalue weighted by atomic mass is 10.0. The Balaban J connectivity index is 1.52. The number of ether oxygens (including phenoxy) is 1. The molecule has 0 aliphatic heterocycles. The van der Waals surface area contributed by atoms with Crippen LogP contribution in [0.15, 0.2) is 24.3 Å².